The van der Waals surface area contributed by atoms with E-state index in [2.05, 4.69) is 0 Å². The molecule has 0 unspecified atom stereocenters. The fourth-order valence-electron chi connectivity index (χ4n) is 2.07. The molecule has 2 rings (SSSR count). The maximum absolute atomic E-state index is 11.3. The predicted molar refractivity (Wildman–Crippen MR) is 82.5 cm³/mol. The minimum atomic E-state index is -0.744. The van der Waals surface area contributed by atoms with E-state index in [1.807, 2.05) is 49.4 Å². The number of nitriles is 1. The Bertz CT molecular complexity index is 742. The molecule has 1 amide bonds. The van der Waals surface area contributed by atoms with E-state index in [0.717, 1.165) is 17.2 Å². The second-order valence-electron chi connectivity index (χ2n) is 4.58. The maximum atomic E-state index is 11.3. The van der Waals surface area contributed by atoms with Crippen LogP contribution in [0.15, 0.2) is 42.0 Å². The van der Waals surface area contributed by atoms with Gasteiger partial charge in [0.15, 0.2) is 0 Å². The van der Waals surface area contributed by atoms with E-state index < -0.39 is 5.91 Å². The summed E-state index contributed by atoms with van der Waals surface area (Å²) in [6.45, 7) is 2.58. The summed E-state index contributed by atoms with van der Waals surface area (Å²) in [6.07, 6.45) is 2.37. The highest BCUT2D eigenvalue weighted by atomic mass is 16.5. The molecule has 4 nitrogen and oxygen atoms in total. The average molecular weight is 280 g/mol. The maximum Gasteiger partial charge on any atom is 0.259 e. The van der Waals surface area contributed by atoms with Crippen LogP contribution in [0.5, 0.6) is 5.75 Å². The van der Waals surface area contributed by atoms with Crippen LogP contribution < -0.4 is 10.5 Å². The topological polar surface area (TPSA) is 76.1 Å². The Kier molecular flexibility index (Phi) is 4.57. The van der Waals surface area contributed by atoms with Crippen molar-refractivity contribution in [1.29, 1.82) is 5.26 Å². The molecular weight excluding hydrogens is 264 g/mol. The summed E-state index contributed by atoms with van der Waals surface area (Å²) in [5.41, 5.74) is 5.83. The second kappa shape index (κ2) is 6.58. The first kappa shape index (κ1) is 14.6. The third-order valence-corrected chi connectivity index (χ3v) is 3.07. The van der Waals surface area contributed by atoms with Gasteiger partial charge >= 0.3 is 0 Å². The van der Waals surface area contributed by atoms with E-state index in [9.17, 15) is 4.79 Å². The van der Waals surface area contributed by atoms with E-state index in [0.29, 0.717) is 17.9 Å². The third-order valence-electron chi connectivity index (χ3n) is 3.07. The molecule has 0 aliphatic carbocycles. The van der Waals surface area contributed by atoms with Crippen LogP contribution in [0.4, 0.5) is 0 Å². The fourth-order valence-corrected chi connectivity index (χ4v) is 2.07. The summed E-state index contributed by atoms with van der Waals surface area (Å²) >= 11 is 0. The predicted octanol–water partition coefficient (Wildman–Crippen LogP) is 3.02. The lowest BCUT2D eigenvalue weighted by Crippen LogP contribution is -2.12. The van der Waals surface area contributed by atoms with Crippen molar-refractivity contribution in [2.24, 2.45) is 5.73 Å². The van der Waals surface area contributed by atoms with Crippen LogP contribution in [0.25, 0.3) is 16.8 Å². The highest BCUT2D eigenvalue weighted by Crippen LogP contribution is 2.30. The van der Waals surface area contributed by atoms with Crippen molar-refractivity contribution < 1.29 is 9.53 Å². The Morgan fingerprint density at radius 3 is 2.76 bits per heavy atom. The van der Waals surface area contributed by atoms with Crippen LogP contribution >= 0.6 is 0 Å². The van der Waals surface area contributed by atoms with Gasteiger partial charge in [-0.15, -0.1) is 0 Å². The van der Waals surface area contributed by atoms with Crippen molar-refractivity contribution in [3.63, 3.8) is 0 Å². The smallest absolute Gasteiger partial charge is 0.259 e. The monoisotopic (exact) mass is 280 g/mol. The standard InChI is InChI=1S/C17H16N2O2/c1-2-9-21-16-8-7-12-5-3-4-6-14(12)15(16)10-13(11-18)17(19)20/h3-8,10H,2,9H2,1H3,(H2,19,20)/b13-10+. The number of amides is 1. The van der Waals surface area contributed by atoms with E-state index in [1.165, 1.54) is 6.08 Å². The molecule has 0 spiro atoms. The molecule has 0 aromatic heterocycles. The number of primary amides is 1. The number of ether oxygens (including phenoxy) is 1. The molecule has 4 heteroatoms. The minimum Gasteiger partial charge on any atom is -0.493 e. The molecule has 21 heavy (non-hydrogen) atoms. The SMILES string of the molecule is CCCOc1ccc2ccccc2c1/C=C(\C#N)C(N)=O. The van der Waals surface area contributed by atoms with Crippen molar-refractivity contribution in [2.75, 3.05) is 6.61 Å². The molecule has 0 saturated heterocycles. The van der Waals surface area contributed by atoms with E-state index in [-0.39, 0.29) is 5.57 Å². The summed E-state index contributed by atoms with van der Waals surface area (Å²) in [7, 11) is 0. The van der Waals surface area contributed by atoms with Gasteiger partial charge in [0.05, 0.1) is 6.61 Å². The lowest BCUT2D eigenvalue weighted by atomic mass is 10.0. The Hall–Kier alpha value is -2.80. The Morgan fingerprint density at radius 1 is 1.33 bits per heavy atom. The minimum absolute atomic E-state index is 0.0901. The van der Waals surface area contributed by atoms with Gasteiger partial charge in [-0.2, -0.15) is 5.26 Å². The molecule has 0 fully saturated rings. The summed E-state index contributed by atoms with van der Waals surface area (Å²) in [4.78, 5) is 11.3. The van der Waals surface area contributed by atoms with Crippen molar-refractivity contribution >= 4 is 22.8 Å². The molecule has 0 saturated carbocycles. The molecule has 0 aliphatic rings. The molecule has 0 atom stereocenters. The molecule has 2 aromatic rings. The quantitative estimate of drug-likeness (QED) is 0.675. The lowest BCUT2D eigenvalue weighted by molar-refractivity contribution is -0.114. The molecule has 2 N–H and O–H groups in total. The van der Waals surface area contributed by atoms with Crippen LogP contribution in [0, 0.1) is 11.3 Å². The van der Waals surface area contributed by atoms with Gasteiger partial charge < -0.3 is 10.5 Å². The van der Waals surface area contributed by atoms with Gasteiger partial charge in [0, 0.05) is 5.56 Å². The number of carbonyl (C=O) groups is 1. The second-order valence-corrected chi connectivity index (χ2v) is 4.58. The normalized spacial score (nSPS) is 11.1. The van der Waals surface area contributed by atoms with Gasteiger partial charge in [0.2, 0.25) is 0 Å². The molecule has 106 valence electrons. The number of hydrogen-bond acceptors (Lipinski definition) is 3. The first-order valence-electron chi connectivity index (χ1n) is 6.73. The van der Waals surface area contributed by atoms with Crippen LogP contribution in [-0.2, 0) is 4.79 Å². The van der Waals surface area contributed by atoms with E-state index >= 15 is 0 Å². The first-order valence-corrected chi connectivity index (χ1v) is 6.73. The van der Waals surface area contributed by atoms with Gasteiger partial charge in [-0.1, -0.05) is 37.3 Å². The van der Waals surface area contributed by atoms with Gasteiger partial charge in [-0.3, -0.25) is 4.79 Å². The number of benzene rings is 2. The van der Waals surface area contributed by atoms with Crippen LogP contribution in [-0.4, -0.2) is 12.5 Å². The molecule has 0 heterocycles. The Balaban J connectivity index is 2.66. The van der Waals surface area contributed by atoms with Gasteiger partial charge in [-0.05, 0) is 29.3 Å². The highest BCUT2D eigenvalue weighted by Gasteiger charge is 2.10. The van der Waals surface area contributed by atoms with Crippen molar-refractivity contribution in [1.82, 2.24) is 0 Å². The lowest BCUT2D eigenvalue weighted by Gasteiger charge is -2.11. The van der Waals surface area contributed by atoms with Crippen LogP contribution in [0.1, 0.15) is 18.9 Å². The van der Waals surface area contributed by atoms with Crippen LogP contribution in [0.2, 0.25) is 0 Å². The number of fused-ring (bicyclic) bond motifs is 1. The molecule has 0 bridgehead atoms. The number of rotatable bonds is 5. The zero-order valence-corrected chi connectivity index (χ0v) is 11.8. The van der Waals surface area contributed by atoms with E-state index in [4.69, 9.17) is 15.7 Å². The molecular formula is C17H16N2O2. The van der Waals surface area contributed by atoms with Crippen LogP contribution in [0.3, 0.4) is 0 Å². The summed E-state index contributed by atoms with van der Waals surface area (Å²) in [6, 6.07) is 13.4. The van der Waals surface area contributed by atoms with Crippen molar-refractivity contribution in [3.8, 4) is 11.8 Å². The zero-order chi connectivity index (χ0) is 15.2. The third kappa shape index (κ3) is 3.21. The Morgan fingerprint density at radius 2 is 2.10 bits per heavy atom. The molecule has 2 aromatic carbocycles. The van der Waals surface area contributed by atoms with Gasteiger partial charge in [-0.25, -0.2) is 0 Å². The highest BCUT2D eigenvalue weighted by molar-refractivity contribution is 6.04. The molecule has 0 aliphatic heterocycles. The van der Waals surface area contributed by atoms with Gasteiger partial charge in [0.25, 0.3) is 5.91 Å². The number of nitrogens with zero attached hydrogens (tertiary/aromatic N) is 1. The molecule has 0 radical (unpaired) electrons. The number of nitrogens with two attached hydrogens (primary N) is 1. The first-order chi connectivity index (χ1) is 10.2. The zero-order valence-electron chi connectivity index (χ0n) is 11.8. The van der Waals surface area contributed by atoms with E-state index in [1.54, 1.807) is 0 Å². The summed E-state index contributed by atoms with van der Waals surface area (Å²) in [5, 5.41) is 11.0. The largest absolute Gasteiger partial charge is 0.493 e. The summed E-state index contributed by atoms with van der Waals surface area (Å²) < 4.78 is 5.71. The van der Waals surface area contributed by atoms with Crippen molar-refractivity contribution in [3.05, 3.63) is 47.5 Å². The average Bonchev–Trinajstić information content (AvgIpc) is 2.50. The fraction of sp³-hybridized carbons (Fsp3) is 0.176. The van der Waals surface area contributed by atoms with Gasteiger partial charge in [0.1, 0.15) is 17.4 Å². The Labute approximate surface area is 123 Å². The van der Waals surface area contributed by atoms with Crippen molar-refractivity contribution in [2.45, 2.75) is 13.3 Å². The summed E-state index contributed by atoms with van der Waals surface area (Å²) in [5.74, 6) is -0.101. The number of carbonyl (C=O) groups excluding carboxylic acids is 1. The number of hydrogen-bond donors (Lipinski definition) is 1.